The zero-order valence-electron chi connectivity index (χ0n) is 14.4. The molecule has 0 aliphatic rings. The number of hydrogen-bond donors (Lipinski definition) is 2. The zero-order valence-corrected chi connectivity index (χ0v) is 15.2. The van der Waals surface area contributed by atoms with E-state index in [1.54, 1.807) is 18.2 Å². The van der Waals surface area contributed by atoms with Gasteiger partial charge in [0.15, 0.2) is 0 Å². The van der Waals surface area contributed by atoms with Gasteiger partial charge in [-0.2, -0.15) is 5.26 Å². The highest BCUT2D eigenvalue weighted by atomic mass is 35.5. The average Bonchev–Trinajstić information content (AvgIpc) is 2.69. The van der Waals surface area contributed by atoms with Crippen molar-refractivity contribution in [2.45, 2.75) is 0 Å². The third-order valence-corrected chi connectivity index (χ3v) is 3.79. The van der Waals surface area contributed by atoms with Gasteiger partial charge in [-0.3, -0.25) is 14.9 Å². The maximum absolute atomic E-state index is 12.3. The predicted octanol–water partition coefficient (Wildman–Crippen LogP) is 3.49. The summed E-state index contributed by atoms with van der Waals surface area (Å²) in [4.78, 5) is 34.3. The van der Waals surface area contributed by atoms with Gasteiger partial charge in [0.05, 0.1) is 23.3 Å². The first-order valence-corrected chi connectivity index (χ1v) is 8.04. The minimum atomic E-state index is -0.783. The van der Waals surface area contributed by atoms with E-state index in [0.717, 1.165) is 12.3 Å². The number of esters is 1. The Balaban J connectivity index is 2.21. The number of nitrogens with zero attached hydrogens (tertiary/aromatic N) is 2. The van der Waals surface area contributed by atoms with Crippen molar-refractivity contribution < 1.29 is 19.2 Å². The molecule has 0 bridgehead atoms. The van der Waals surface area contributed by atoms with Crippen molar-refractivity contribution in [2.24, 2.45) is 0 Å². The molecule has 0 spiro atoms. The van der Waals surface area contributed by atoms with Crippen LogP contribution in [0.15, 0.2) is 54.2 Å². The van der Waals surface area contributed by atoms with E-state index in [-0.39, 0.29) is 33.2 Å². The molecule has 0 aromatic heterocycles. The number of benzene rings is 2. The van der Waals surface area contributed by atoms with E-state index in [2.05, 4.69) is 15.4 Å². The standard InChI is InChI=1S/C18H13ClN4O5/c1-28-18(25)13-4-2-3-5-15(13)22-17(24)11(9-20)10-21-12-6-7-14(19)16(8-12)23(26)27/h2-8,10,21H,1H3,(H,22,24)/b11-10-. The minimum absolute atomic E-state index is 0.0443. The third kappa shape index (κ3) is 4.84. The largest absolute Gasteiger partial charge is 0.465 e. The number of nitriles is 1. The summed E-state index contributed by atoms with van der Waals surface area (Å²) >= 11 is 5.74. The number of methoxy groups -OCH3 is 1. The summed E-state index contributed by atoms with van der Waals surface area (Å²) in [5.41, 5.74) is -0.0986. The van der Waals surface area contributed by atoms with E-state index in [1.165, 1.54) is 31.4 Å². The van der Waals surface area contributed by atoms with E-state index < -0.39 is 16.8 Å². The summed E-state index contributed by atoms with van der Waals surface area (Å²) in [6, 6.07) is 11.8. The Bertz CT molecular complexity index is 1010. The molecule has 2 N–H and O–H groups in total. The highest BCUT2D eigenvalue weighted by Crippen LogP contribution is 2.27. The Kier molecular flexibility index (Phi) is 6.68. The summed E-state index contributed by atoms with van der Waals surface area (Å²) < 4.78 is 4.64. The molecule has 1 amide bonds. The molecule has 10 heteroatoms. The summed E-state index contributed by atoms with van der Waals surface area (Å²) in [5, 5.41) is 25.2. The number of nitro groups is 1. The SMILES string of the molecule is COC(=O)c1ccccc1NC(=O)/C(C#N)=C\Nc1ccc(Cl)c([N+](=O)[O-])c1. The molecule has 0 aliphatic carbocycles. The fraction of sp³-hybridized carbons (Fsp3) is 0.0556. The molecule has 0 fully saturated rings. The van der Waals surface area contributed by atoms with Crippen molar-refractivity contribution in [3.63, 3.8) is 0 Å². The van der Waals surface area contributed by atoms with Gasteiger partial charge in [0.25, 0.3) is 11.6 Å². The fourth-order valence-electron chi connectivity index (χ4n) is 2.12. The smallest absolute Gasteiger partial charge is 0.339 e. The first-order chi connectivity index (χ1) is 13.4. The number of halogens is 1. The Hall–Kier alpha value is -3.90. The summed E-state index contributed by atoms with van der Waals surface area (Å²) in [6.07, 6.45) is 1.09. The van der Waals surface area contributed by atoms with E-state index in [0.29, 0.717) is 0 Å². The molecule has 142 valence electrons. The number of nitro benzene ring substituents is 1. The molecule has 0 saturated heterocycles. The Morgan fingerprint density at radius 3 is 2.64 bits per heavy atom. The highest BCUT2D eigenvalue weighted by molar-refractivity contribution is 6.32. The molecule has 0 radical (unpaired) electrons. The Labute approximate surface area is 164 Å². The normalized spacial score (nSPS) is 10.5. The first-order valence-electron chi connectivity index (χ1n) is 7.66. The number of para-hydroxylation sites is 1. The van der Waals surface area contributed by atoms with Crippen LogP contribution in [-0.2, 0) is 9.53 Å². The van der Waals surface area contributed by atoms with Crippen molar-refractivity contribution in [3.8, 4) is 6.07 Å². The van der Waals surface area contributed by atoms with Gasteiger partial charge >= 0.3 is 5.97 Å². The second kappa shape index (κ2) is 9.16. The van der Waals surface area contributed by atoms with Gasteiger partial charge in [-0.25, -0.2) is 4.79 Å². The number of carbonyl (C=O) groups excluding carboxylic acids is 2. The van der Waals surface area contributed by atoms with Crippen LogP contribution in [0.2, 0.25) is 5.02 Å². The molecular formula is C18H13ClN4O5. The van der Waals surface area contributed by atoms with Crippen LogP contribution in [0.4, 0.5) is 17.1 Å². The predicted molar refractivity (Wildman–Crippen MR) is 102 cm³/mol. The van der Waals surface area contributed by atoms with Crippen molar-refractivity contribution in [1.29, 1.82) is 5.26 Å². The van der Waals surface area contributed by atoms with E-state index in [9.17, 15) is 25.0 Å². The number of hydrogen-bond acceptors (Lipinski definition) is 7. The molecule has 0 saturated carbocycles. The van der Waals surface area contributed by atoms with Crippen LogP contribution in [0.5, 0.6) is 0 Å². The van der Waals surface area contributed by atoms with E-state index in [4.69, 9.17) is 11.6 Å². The quantitative estimate of drug-likeness (QED) is 0.249. The lowest BCUT2D eigenvalue weighted by Crippen LogP contribution is -2.17. The van der Waals surface area contributed by atoms with Gasteiger partial charge in [0.2, 0.25) is 0 Å². The van der Waals surface area contributed by atoms with Crippen LogP contribution in [0.1, 0.15) is 10.4 Å². The molecule has 0 aliphatic heterocycles. The molecule has 28 heavy (non-hydrogen) atoms. The van der Waals surface area contributed by atoms with E-state index in [1.807, 2.05) is 0 Å². The molecule has 9 nitrogen and oxygen atoms in total. The lowest BCUT2D eigenvalue weighted by molar-refractivity contribution is -0.384. The van der Waals surface area contributed by atoms with Crippen LogP contribution in [0.25, 0.3) is 0 Å². The molecule has 0 unspecified atom stereocenters. The second-order valence-corrected chi connectivity index (χ2v) is 5.64. The fourth-order valence-corrected chi connectivity index (χ4v) is 2.30. The van der Waals surface area contributed by atoms with Crippen LogP contribution in [-0.4, -0.2) is 23.9 Å². The van der Waals surface area contributed by atoms with Crippen molar-refractivity contribution in [3.05, 3.63) is 74.9 Å². The van der Waals surface area contributed by atoms with Crippen LogP contribution in [0, 0.1) is 21.4 Å². The maximum Gasteiger partial charge on any atom is 0.339 e. The Morgan fingerprint density at radius 2 is 2.00 bits per heavy atom. The van der Waals surface area contributed by atoms with Gasteiger partial charge in [-0.05, 0) is 24.3 Å². The summed E-state index contributed by atoms with van der Waals surface area (Å²) in [6.45, 7) is 0. The zero-order chi connectivity index (χ0) is 20.7. The minimum Gasteiger partial charge on any atom is -0.465 e. The molecular weight excluding hydrogens is 388 g/mol. The van der Waals surface area contributed by atoms with E-state index >= 15 is 0 Å². The lowest BCUT2D eigenvalue weighted by atomic mass is 10.1. The van der Waals surface area contributed by atoms with Crippen molar-refractivity contribution in [2.75, 3.05) is 17.7 Å². The molecule has 0 heterocycles. The molecule has 2 aromatic carbocycles. The van der Waals surface area contributed by atoms with Gasteiger partial charge < -0.3 is 15.4 Å². The van der Waals surface area contributed by atoms with Gasteiger partial charge in [0.1, 0.15) is 16.7 Å². The maximum atomic E-state index is 12.3. The summed E-state index contributed by atoms with van der Waals surface area (Å²) in [7, 11) is 1.21. The number of anilines is 2. The lowest BCUT2D eigenvalue weighted by Gasteiger charge is -2.09. The highest BCUT2D eigenvalue weighted by Gasteiger charge is 2.16. The Morgan fingerprint density at radius 1 is 1.29 bits per heavy atom. The topological polar surface area (TPSA) is 134 Å². The van der Waals surface area contributed by atoms with Crippen LogP contribution in [0.3, 0.4) is 0 Å². The molecule has 2 aromatic rings. The summed E-state index contributed by atoms with van der Waals surface area (Å²) in [5.74, 6) is -1.43. The van der Waals surface area contributed by atoms with Crippen molar-refractivity contribution in [1.82, 2.24) is 0 Å². The van der Waals surface area contributed by atoms with Gasteiger partial charge in [0, 0.05) is 18.0 Å². The molecule has 0 atom stereocenters. The second-order valence-electron chi connectivity index (χ2n) is 5.23. The number of nitrogens with one attached hydrogen (secondary N) is 2. The molecule has 2 rings (SSSR count). The average molecular weight is 401 g/mol. The first kappa shape index (κ1) is 20.4. The number of amides is 1. The monoisotopic (exact) mass is 400 g/mol. The number of carbonyl (C=O) groups is 2. The number of ether oxygens (including phenoxy) is 1. The third-order valence-electron chi connectivity index (χ3n) is 3.47. The van der Waals surface area contributed by atoms with Gasteiger partial charge in [-0.15, -0.1) is 0 Å². The van der Waals surface area contributed by atoms with Gasteiger partial charge in [-0.1, -0.05) is 23.7 Å². The van der Waals surface area contributed by atoms with Crippen LogP contribution >= 0.6 is 11.6 Å². The van der Waals surface area contributed by atoms with Crippen molar-refractivity contribution >= 4 is 40.5 Å². The number of rotatable bonds is 6. The van der Waals surface area contributed by atoms with Crippen LogP contribution < -0.4 is 10.6 Å².